The standard InChI is InChI=1S/C13H14F3N3O2S/c14-13(15,16)11-2-3-12(10(8-11)9-17)18-4-6-19-5-1-7-22(19,20)21/h2-3,8,18H,1,4-7H2. The van der Waals surface area contributed by atoms with Crippen LogP contribution in [0.3, 0.4) is 0 Å². The summed E-state index contributed by atoms with van der Waals surface area (Å²) in [5.41, 5.74) is -0.761. The molecule has 1 aromatic rings. The van der Waals surface area contributed by atoms with Gasteiger partial charge in [-0.25, -0.2) is 12.7 Å². The first kappa shape index (κ1) is 16.6. The SMILES string of the molecule is N#Cc1cc(C(F)(F)F)ccc1NCCN1CCCS1(=O)=O. The molecule has 0 unspecified atom stereocenters. The lowest BCUT2D eigenvalue weighted by Gasteiger charge is -2.16. The van der Waals surface area contributed by atoms with Gasteiger partial charge in [0, 0.05) is 19.6 Å². The molecule has 1 N–H and O–H groups in total. The summed E-state index contributed by atoms with van der Waals surface area (Å²) in [6.07, 6.45) is -3.93. The summed E-state index contributed by atoms with van der Waals surface area (Å²) >= 11 is 0. The summed E-state index contributed by atoms with van der Waals surface area (Å²) in [5.74, 6) is 0.122. The van der Waals surface area contributed by atoms with Gasteiger partial charge < -0.3 is 5.32 Å². The van der Waals surface area contributed by atoms with Gasteiger partial charge in [-0.05, 0) is 24.6 Å². The van der Waals surface area contributed by atoms with Crippen molar-refractivity contribution in [1.29, 1.82) is 5.26 Å². The molecule has 0 aromatic heterocycles. The lowest BCUT2D eigenvalue weighted by molar-refractivity contribution is -0.137. The van der Waals surface area contributed by atoms with Crippen LogP contribution in [0.15, 0.2) is 18.2 Å². The van der Waals surface area contributed by atoms with E-state index in [0.717, 1.165) is 12.1 Å². The van der Waals surface area contributed by atoms with Crippen LogP contribution in [0.1, 0.15) is 17.5 Å². The van der Waals surface area contributed by atoms with Crippen molar-refractivity contribution in [3.8, 4) is 6.07 Å². The monoisotopic (exact) mass is 333 g/mol. The van der Waals surface area contributed by atoms with Gasteiger partial charge in [0.15, 0.2) is 0 Å². The Labute approximate surface area is 126 Å². The number of nitriles is 1. The van der Waals surface area contributed by atoms with Gasteiger partial charge in [0.05, 0.1) is 22.6 Å². The molecule has 1 aliphatic heterocycles. The third-order valence-corrected chi connectivity index (χ3v) is 5.30. The maximum atomic E-state index is 12.6. The Morgan fingerprint density at radius 2 is 2.09 bits per heavy atom. The minimum Gasteiger partial charge on any atom is -0.383 e. The maximum absolute atomic E-state index is 12.6. The van der Waals surface area contributed by atoms with E-state index in [9.17, 15) is 21.6 Å². The summed E-state index contributed by atoms with van der Waals surface area (Å²) in [6, 6.07) is 4.55. The van der Waals surface area contributed by atoms with Crippen LogP contribution in [-0.2, 0) is 16.2 Å². The molecule has 1 saturated heterocycles. The molecule has 0 amide bonds. The van der Waals surface area contributed by atoms with Crippen LogP contribution >= 0.6 is 0 Å². The zero-order valence-corrected chi connectivity index (χ0v) is 12.3. The van der Waals surface area contributed by atoms with Crippen molar-refractivity contribution in [2.75, 3.05) is 30.7 Å². The second-order valence-corrected chi connectivity index (χ2v) is 6.95. The number of rotatable bonds is 4. The smallest absolute Gasteiger partial charge is 0.383 e. The number of alkyl halides is 3. The largest absolute Gasteiger partial charge is 0.416 e. The molecule has 0 radical (unpaired) electrons. The highest BCUT2D eigenvalue weighted by Crippen LogP contribution is 2.31. The second-order valence-electron chi connectivity index (χ2n) is 4.87. The van der Waals surface area contributed by atoms with E-state index in [1.165, 1.54) is 10.4 Å². The van der Waals surface area contributed by atoms with E-state index in [-0.39, 0.29) is 30.1 Å². The van der Waals surface area contributed by atoms with Crippen LogP contribution in [-0.4, -0.2) is 38.1 Å². The first-order valence-electron chi connectivity index (χ1n) is 6.57. The molecule has 22 heavy (non-hydrogen) atoms. The molecule has 0 aliphatic carbocycles. The molecule has 1 heterocycles. The van der Waals surface area contributed by atoms with Crippen molar-refractivity contribution in [2.45, 2.75) is 12.6 Å². The van der Waals surface area contributed by atoms with E-state index >= 15 is 0 Å². The van der Waals surface area contributed by atoms with Gasteiger partial charge in [-0.1, -0.05) is 0 Å². The Hall–Kier alpha value is -1.79. The highest BCUT2D eigenvalue weighted by molar-refractivity contribution is 7.89. The zero-order chi connectivity index (χ0) is 16.4. The first-order chi connectivity index (χ1) is 10.2. The van der Waals surface area contributed by atoms with Gasteiger partial charge in [0.2, 0.25) is 10.0 Å². The van der Waals surface area contributed by atoms with E-state index in [1.807, 2.05) is 0 Å². The Kier molecular flexibility index (Phi) is 4.63. The van der Waals surface area contributed by atoms with E-state index in [1.54, 1.807) is 6.07 Å². The van der Waals surface area contributed by atoms with Crippen molar-refractivity contribution in [3.05, 3.63) is 29.3 Å². The van der Waals surface area contributed by atoms with Crippen LogP contribution in [0.5, 0.6) is 0 Å². The molecule has 9 heteroatoms. The number of nitrogens with zero attached hydrogens (tertiary/aromatic N) is 2. The molecule has 2 rings (SSSR count). The number of hydrogen-bond acceptors (Lipinski definition) is 4. The summed E-state index contributed by atoms with van der Waals surface area (Å²) in [6.45, 7) is 0.885. The highest BCUT2D eigenvalue weighted by Gasteiger charge is 2.31. The second kappa shape index (κ2) is 6.14. The third kappa shape index (κ3) is 3.69. The Morgan fingerprint density at radius 1 is 1.36 bits per heavy atom. The molecule has 0 spiro atoms. The lowest BCUT2D eigenvalue weighted by Crippen LogP contribution is -2.30. The molecule has 0 saturated carbocycles. The molecule has 1 aromatic carbocycles. The van der Waals surface area contributed by atoms with Crippen molar-refractivity contribution in [2.24, 2.45) is 0 Å². The molecule has 0 bridgehead atoms. The predicted molar refractivity (Wildman–Crippen MR) is 74.6 cm³/mol. The molecular formula is C13H14F3N3O2S. The minimum atomic E-state index is -4.51. The lowest BCUT2D eigenvalue weighted by atomic mass is 10.1. The normalized spacial score (nSPS) is 18.1. The number of hydrogen-bond donors (Lipinski definition) is 1. The maximum Gasteiger partial charge on any atom is 0.416 e. The molecule has 1 fully saturated rings. The van der Waals surface area contributed by atoms with Gasteiger partial charge in [-0.2, -0.15) is 18.4 Å². The fourth-order valence-corrected chi connectivity index (χ4v) is 3.75. The number of halogens is 3. The minimum absolute atomic E-state index is 0.122. The van der Waals surface area contributed by atoms with Crippen LogP contribution in [0.4, 0.5) is 18.9 Å². The molecular weight excluding hydrogens is 319 g/mol. The van der Waals surface area contributed by atoms with Crippen molar-refractivity contribution < 1.29 is 21.6 Å². The van der Waals surface area contributed by atoms with Gasteiger partial charge in [0.1, 0.15) is 6.07 Å². The Morgan fingerprint density at radius 3 is 2.64 bits per heavy atom. The van der Waals surface area contributed by atoms with Gasteiger partial charge in [-0.3, -0.25) is 0 Å². The topological polar surface area (TPSA) is 73.2 Å². The third-order valence-electron chi connectivity index (χ3n) is 3.35. The summed E-state index contributed by atoms with van der Waals surface area (Å²) < 4.78 is 62.3. The fraction of sp³-hybridized carbons (Fsp3) is 0.462. The average molecular weight is 333 g/mol. The first-order valence-corrected chi connectivity index (χ1v) is 8.18. The summed E-state index contributed by atoms with van der Waals surface area (Å²) in [4.78, 5) is 0. The van der Waals surface area contributed by atoms with E-state index < -0.39 is 21.8 Å². The summed E-state index contributed by atoms with van der Waals surface area (Å²) in [7, 11) is -3.20. The summed E-state index contributed by atoms with van der Waals surface area (Å²) in [5, 5.41) is 11.8. The van der Waals surface area contributed by atoms with E-state index in [0.29, 0.717) is 13.0 Å². The number of nitrogens with one attached hydrogen (secondary N) is 1. The van der Waals surface area contributed by atoms with Crippen molar-refractivity contribution in [1.82, 2.24) is 4.31 Å². The van der Waals surface area contributed by atoms with Gasteiger partial charge >= 0.3 is 6.18 Å². The molecule has 5 nitrogen and oxygen atoms in total. The molecule has 1 aliphatic rings. The number of benzene rings is 1. The van der Waals surface area contributed by atoms with Crippen LogP contribution in [0.2, 0.25) is 0 Å². The van der Waals surface area contributed by atoms with Crippen LogP contribution in [0.25, 0.3) is 0 Å². The number of anilines is 1. The van der Waals surface area contributed by atoms with Gasteiger partial charge in [0.25, 0.3) is 0 Å². The Bertz CT molecular complexity index is 695. The van der Waals surface area contributed by atoms with Crippen LogP contribution in [0, 0.1) is 11.3 Å². The highest BCUT2D eigenvalue weighted by atomic mass is 32.2. The average Bonchev–Trinajstić information content (AvgIpc) is 2.77. The van der Waals surface area contributed by atoms with Crippen LogP contribution < -0.4 is 5.32 Å². The quantitative estimate of drug-likeness (QED) is 0.915. The number of sulfonamides is 1. The zero-order valence-electron chi connectivity index (χ0n) is 11.5. The molecule has 120 valence electrons. The van der Waals surface area contributed by atoms with Crippen molar-refractivity contribution >= 4 is 15.7 Å². The van der Waals surface area contributed by atoms with E-state index in [4.69, 9.17) is 5.26 Å². The fourth-order valence-electron chi connectivity index (χ4n) is 2.22. The molecule has 0 atom stereocenters. The predicted octanol–water partition coefficient (Wildman–Crippen LogP) is 2.02. The Balaban J connectivity index is 2.03. The van der Waals surface area contributed by atoms with E-state index in [2.05, 4.69) is 5.32 Å². The van der Waals surface area contributed by atoms with Crippen molar-refractivity contribution in [3.63, 3.8) is 0 Å². The van der Waals surface area contributed by atoms with Gasteiger partial charge in [-0.15, -0.1) is 0 Å².